The fourth-order valence-electron chi connectivity index (χ4n) is 1.48. The fourth-order valence-corrected chi connectivity index (χ4v) is 1.48. The van der Waals surface area contributed by atoms with Crippen molar-refractivity contribution in [3.05, 3.63) is 46.5 Å². The van der Waals surface area contributed by atoms with Crippen LogP contribution in [0.25, 0.3) is 0 Å². The summed E-state index contributed by atoms with van der Waals surface area (Å²) < 4.78 is 0. The molecule has 1 aromatic rings. The Bertz CT molecular complexity index is 472. The molecule has 0 bridgehead atoms. The van der Waals surface area contributed by atoms with Gasteiger partial charge in [0.25, 0.3) is 5.70 Å². The van der Waals surface area contributed by atoms with Crippen LogP contribution in [0.5, 0.6) is 0 Å². The van der Waals surface area contributed by atoms with Crippen molar-refractivity contribution < 1.29 is 10.0 Å². The first-order valence-electron chi connectivity index (χ1n) is 4.91. The van der Waals surface area contributed by atoms with Crippen molar-refractivity contribution in [2.75, 3.05) is 11.4 Å². The molecule has 0 saturated carbocycles. The average Bonchev–Trinajstić information content (AvgIpc) is 2.52. The van der Waals surface area contributed by atoms with Gasteiger partial charge in [0.1, 0.15) is 6.20 Å². The topological polar surface area (TPSA) is 91.9 Å². The Morgan fingerprint density at radius 2 is 2.18 bits per heavy atom. The lowest BCUT2D eigenvalue weighted by atomic mass is 10.2. The van der Waals surface area contributed by atoms with E-state index >= 15 is 0 Å². The minimum atomic E-state index is -1.18. The lowest BCUT2D eigenvalue weighted by Gasteiger charge is -2.19. The van der Waals surface area contributed by atoms with Crippen LogP contribution in [0.4, 0.5) is 5.69 Å². The molecule has 1 aliphatic rings. The number of aliphatic hydroxyl groups is 1. The minimum Gasteiger partial charge on any atom is -0.380 e. The van der Waals surface area contributed by atoms with Gasteiger partial charge in [0.15, 0.2) is 6.10 Å². The standard InChI is InChI=1S/C10H10N4O3/c15-10-6-13(8-1-3-11-4-2-8)7-12-5-9(10)14(16)17/h1-5,7,10,15H,6H2. The third kappa shape index (κ3) is 2.45. The van der Waals surface area contributed by atoms with E-state index in [0.717, 1.165) is 11.9 Å². The lowest BCUT2D eigenvalue weighted by molar-refractivity contribution is -0.435. The third-order valence-corrected chi connectivity index (χ3v) is 2.33. The van der Waals surface area contributed by atoms with Crippen LogP contribution in [0.2, 0.25) is 0 Å². The molecule has 7 nitrogen and oxygen atoms in total. The zero-order chi connectivity index (χ0) is 12.3. The van der Waals surface area contributed by atoms with E-state index in [1.165, 1.54) is 6.34 Å². The number of anilines is 1. The van der Waals surface area contributed by atoms with Crippen LogP contribution in [0, 0.1) is 10.1 Å². The molecule has 7 heteroatoms. The van der Waals surface area contributed by atoms with Gasteiger partial charge in [0, 0.05) is 18.1 Å². The van der Waals surface area contributed by atoms with Gasteiger partial charge in [-0.3, -0.25) is 15.1 Å². The Balaban J connectivity index is 2.20. The molecule has 88 valence electrons. The molecule has 17 heavy (non-hydrogen) atoms. The maximum absolute atomic E-state index is 10.6. The van der Waals surface area contributed by atoms with Gasteiger partial charge in [-0.05, 0) is 12.1 Å². The van der Waals surface area contributed by atoms with Gasteiger partial charge in [-0.1, -0.05) is 0 Å². The molecule has 1 unspecified atom stereocenters. The van der Waals surface area contributed by atoms with Crippen LogP contribution < -0.4 is 4.90 Å². The van der Waals surface area contributed by atoms with Crippen LogP contribution in [0.3, 0.4) is 0 Å². The van der Waals surface area contributed by atoms with Gasteiger partial charge in [-0.25, -0.2) is 4.99 Å². The Morgan fingerprint density at radius 1 is 1.47 bits per heavy atom. The first-order chi connectivity index (χ1) is 8.18. The summed E-state index contributed by atoms with van der Waals surface area (Å²) in [6, 6.07) is 3.46. The first-order valence-corrected chi connectivity index (χ1v) is 4.91. The van der Waals surface area contributed by atoms with E-state index in [9.17, 15) is 15.2 Å². The number of nitrogens with zero attached hydrogens (tertiary/aromatic N) is 4. The van der Waals surface area contributed by atoms with Gasteiger partial charge in [0.05, 0.1) is 17.8 Å². The Kier molecular flexibility index (Phi) is 3.10. The van der Waals surface area contributed by atoms with E-state index in [0.29, 0.717) is 0 Å². The summed E-state index contributed by atoms with van der Waals surface area (Å²) in [5.74, 6) is 0. The van der Waals surface area contributed by atoms with Crippen molar-refractivity contribution in [2.24, 2.45) is 4.99 Å². The number of pyridine rings is 1. The molecule has 0 fully saturated rings. The fraction of sp³-hybridized carbons (Fsp3) is 0.200. The van der Waals surface area contributed by atoms with E-state index in [1.807, 2.05) is 0 Å². The lowest BCUT2D eigenvalue weighted by Crippen LogP contribution is -2.32. The predicted molar refractivity (Wildman–Crippen MR) is 61.2 cm³/mol. The van der Waals surface area contributed by atoms with Gasteiger partial charge in [-0.15, -0.1) is 0 Å². The molecule has 0 amide bonds. The maximum atomic E-state index is 10.6. The number of aliphatic imine (C=N–C) groups is 1. The van der Waals surface area contributed by atoms with E-state index < -0.39 is 11.0 Å². The summed E-state index contributed by atoms with van der Waals surface area (Å²) in [6.07, 6.45) is 4.52. The monoisotopic (exact) mass is 234 g/mol. The summed E-state index contributed by atoms with van der Waals surface area (Å²) in [6.45, 7) is 0.0837. The van der Waals surface area contributed by atoms with Gasteiger partial charge in [0.2, 0.25) is 0 Å². The van der Waals surface area contributed by atoms with Crippen LogP contribution in [0.1, 0.15) is 0 Å². The highest BCUT2D eigenvalue weighted by Gasteiger charge is 2.26. The molecule has 2 rings (SSSR count). The highest BCUT2D eigenvalue weighted by Crippen LogP contribution is 2.15. The van der Waals surface area contributed by atoms with Crippen LogP contribution >= 0.6 is 0 Å². The second-order valence-corrected chi connectivity index (χ2v) is 3.45. The number of nitro groups is 1. The maximum Gasteiger partial charge on any atom is 0.294 e. The summed E-state index contributed by atoms with van der Waals surface area (Å²) in [7, 11) is 0. The molecule has 0 radical (unpaired) electrons. The summed E-state index contributed by atoms with van der Waals surface area (Å²) in [4.78, 5) is 19.3. The molecule has 0 saturated heterocycles. The zero-order valence-corrected chi connectivity index (χ0v) is 8.80. The quantitative estimate of drug-likeness (QED) is 0.591. The highest BCUT2D eigenvalue weighted by atomic mass is 16.6. The van der Waals surface area contributed by atoms with Crippen molar-refractivity contribution >= 4 is 12.0 Å². The number of hydrogen-bond donors (Lipinski definition) is 1. The second-order valence-electron chi connectivity index (χ2n) is 3.45. The van der Waals surface area contributed by atoms with Crippen molar-refractivity contribution in [1.29, 1.82) is 0 Å². The van der Waals surface area contributed by atoms with Gasteiger partial charge >= 0.3 is 0 Å². The molecule has 1 aliphatic heterocycles. The molecule has 0 aliphatic carbocycles. The summed E-state index contributed by atoms with van der Waals surface area (Å²) in [5.41, 5.74) is 0.457. The number of rotatable bonds is 2. The van der Waals surface area contributed by atoms with E-state index in [-0.39, 0.29) is 12.2 Å². The normalized spacial score (nSPS) is 19.7. The van der Waals surface area contributed by atoms with Crippen LogP contribution in [0.15, 0.2) is 41.4 Å². The Hall–Kier alpha value is -2.28. The van der Waals surface area contributed by atoms with E-state index in [1.54, 1.807) is 29.4 Å². The number of β-amino-alcohol motifs (C(OH)–C–C–N with tert-alkyl or cyclic N) is 1. The van der Waals surface area contributed by atoms with Crippen molar-refractivity contribution in [3.63, 3.8) is 0 Å². The van der Waals surface area contributed by atoms with Crippen LogP contribution in [-0.4, -0.2) is 34.0 Å². The third-order valence-electron chi connectivity index (χ3n) is 2.33. The summed E-state index contributed by atoms with van der Waals surface area (Å²) in [5, 5.41) is 20.3. The Labute approximate surface area is 96.9 Å². The molecular formula is C10H10N4O3. The molecule has 1 atom stereocenters. The minimum absolute atomic E-state index is 0.0837. The van der Waals surface area contributed by atoms with Gasteiger partial charge < -0.3 is 10.0 Å². The highest BCUT2D eigenvalue weighted by molar-refractivity contribution is 5.79. The number of aromatic nitrogens is 1. The van der Waals surface area contributed by atoms with Crippen molar-refractivity contribution in [3.8, 4) is 0 Å². The number of aliphatic hydroxyl groups excluding tert-OH is 1. The molecule has 1 aromatic heterocycles. The van der Waals surface area contributed by atoms with Crippen molar-refractivity contribution in [1.82, 2.24) is 4.98 Å². The second kappa shape index (κ2) is 4.71. The molecule has 2 heterocycles. The SMILES string of the molecule is O=[N+]([O-])C1=CN=CN(c2ccncc2)CC1O. The van der Waals surface area contributed by atoms with Crippen molar-refractivity contribution in [2.45, 2.75) is 6.10 Å². The average molecular weight is 234 g/mol. The Morgan fingerprint density at radius 3 is 2.82 bits per heavy atom. The summed E-state index contributed by atoms with van der Waals surface area (Å²) >= 11 is 0. The molecular weight excluding hydrogens is 224 g/mol. The molecule has 1 N–H and O–H groups in total. The zero-order valence-electron chi connectivity index (χ0n) is 8.80. The van der Waals surface area contributed by atoms with Gasteiger partial charge in [-0.2, -0.15) is 0 Å². The number of hydrogen-bond acceptors (Lipinski definition) is 6. The molecule has 0 spiro atoms. The van der Waals surface area contributed by atoms with E-state index in [4.69, 9.17) is 0 Å². The van der Waals surface area contributed by atoms with E-state index in [2.05, 4.69) is 9.98 Å². The smallest absolute Gasteiger partial charge is 0.294 e. The largest absolute Gasteiger partial charge is 0.380 e. The van der Waals surface area contributed by atoms with Crippen LogP contribution in [-0.2, 0) is 0 Å². The predicted octanol–water partition coefficient (Wildman–Crippen LogP) is 0.409. The molecule has 0 aromatic carbocycles. The first kappa shape index (κ1) is 11.2.